The van der Waals surface area contributed by atoms with Crippen LogP contribution in [0.4, 0.5) is 25.8 Å². The van der Waals surface area contributed by atoms with Crippen LogP contribution in [0.1, 0.15) is 22.3 Å². The summed E-state index contributed by atoms with van der Waals surface area (Å²) in [6.07, 6.45) is 0.333. The number of alkyl halides is 2. The van der Waals surface area contributed by atoms with Gasteiger partial charge >= 0.3 is 0 Å². The minimum absolute atomic E-state index is 0.00973. The third-order valence-corrected chi connectivity index (χ3v) is 5.84. The van der Waals surface area contributed by atoms with Gasteiger partial charge in [0, 0.05) is 12.7 Å². The van der Waals surface area contributed by atoms with Crippen LogP contribution < -0.4 is 16.0 Å². The van der Waals surface area contributed by atoms with Crippen molar-refractivity contribution >= 4 is 63.7 Å². The van der Waals surface area contributed by atoms with E-state index < -0.39 is 27.8 Å². The number of benzene rings is 2. The summed E-state index contributed by atoms with van der Waals surface area (Å²) >= 11 is 18.0. The van der Waals surface area contributed by atoms with Gasteiger partial charge in [0.2, 0.25) is 5.91 Å². The van der Waals surface area contributed by atoms with Gasteiger partial charge in [-0.2, -0.15) is 0 Å². The van der Waals surface area contributed by atoms with E-state index >= 15 is 0 Å². The van der Waals surface area contributed by atoms with Crippen LogP contribution in [0.3, 0.4) is 0 Å². The van der Waals surface area contributed by atoms with Crippen molar-refractivity contribution in [2.24, 2.45) is 5.92 Å². The van der Waals surface area contributed by atoms with Crippen LogP contribution in [0.15, 0.2) is 24.3 Å². The average molecular weight is 463 g/mol. The Morgan fingerprint density at radius 1 is 1.17 bits per heavy atom. The molecular formula is C19H16Cl3F2N3O2. The van der Waals surface area contributed by atoms with Gasteiger partial charge in [0.1, 0.15) is 15.8 Å². The highest BCUT2D eigenvalue weighted by atomic mass is 35.5. The van der Waals surface area contributed by atoms with Crippen LogP contribution in [-0.4, -0.2) is 23.2 Å². The molecule has 154 valence electrons. The second-order valence-corrected chi connectivity index (χ2v) is 8.57. The molecule has 2 aromatic rings. The summed E-state index contributed by atoms with van der Waals surface area (Å²) in [5, 5.41) is 7.54. The van der Waals surface area contributed by atoms with E-state index in [0.717, 1.165) is 12.1 Å². The Kier molecular flexibility index (Phi) is 5.94. The van der Waals surface area contributed by atoms with Crippen LogP contribution >= 0.6 is 34.8 Å². The Bertz CT molecular complexity index is 1010. The molecule has 3 N–H and O–H groups in total. The Labute approximate surface area is 180 Å². The molecule has 1 fully saturated rings. The zero-order valence-electron chi connectivity index (χ0n) is 15.3. The molecule has 0 spiro atoms. The summed E-state index contributed by atoms with van der Waals surface area (Å²) in [6, 6.07) is 5.06. The second kappa shape index (κ2) is 7.97. The number of aryl methyl sites for hydroxylation is 1. The van der Waals surface area contributed by atoms with Crippen molar-refractivity contribution in [3.8, 4) is 0 Å². The Morgan fingerprint density at radius 3 is 2.41 bits per heavy atom. The van der Waals surface area contributed by atoms with Crippen LogP contribution in [0, 0.1) is 24.5 Å². The highest BCUT2D eigenvalue weighted by Gasteiger charge is 2.56. The topological polar surface area (TPSA) is 70.2 Å². The van der Waals surface area contributed by atoms with Crippen molar-refractivity contribution in [1.29, 1.82) is 0 Å². The number of anilines is 3. The fourth-order valence-corrected chi connectivity index (χ4v) is 3.50. The summed E-state index contributed by atoms with van der Waals surface area (Å²) in [6.45, 7) is 1.65. The highest BCUT2D eigenvalue weighted by molar-refractivity contribution is 6.52. The van der Waals surface area contributed by atoms with E-state index in [1.807, 2.05) is 0 Å². The van der Waals surface area contributed by atoms with Crippen LogP contribution in [0.5, 0.6) is 0 Å². The molecule has 29 heavy (non-hydrogen) atoms. The van der Waals surface area contributed by atoms with Gasteiger partial charge in [-0.1, -0.05) is 11.6 Å². The van der Waals surface area contributed by atoms with Gasteiger partial charge in [0.15, 0.2) is 5.82 Å². The second-order valence-electron chi connectivity index (χ2n) is 6.65. The lowest BCUT2D eigenvalue weighted by molar-refractivity contribution is -0.117. The number of rotatable bonds is 5. The minimum Gasteiger partial charge on any atom is -0.383 e. The Balaban J connectivity index is 1.85. The Morgan fingerprint density at radius 2 is 1.83 bits per heavy atom. The van der Waals surface area contributed by atoms with E-state index in [4.69, 9.17) is 34.8 Å². The van der Waals surface area contributed by atoms with Crippen LogP contribution in [0.2, 0.25) is 5.02 Å². The van der Waals surface area contributed by atoms with E-state index in [2.05, 4.69) is 16.0 Å². The first-order valence-electron chi connectivity index (χ1n) is 8.51. The summed E-state index contributed by atoms with van der Waals surface area (Å²) in [5.41, 5.74) is 0.241. The highest BCUT2D eigenvalue weighted by Crippen LogP contribution is 2.53. The number of carbonyl (C=O) groups is 2. The summed E-state index contributed by atoms with van der Waals surface area (Å²) in [5.74, 6) is -3.40. The standard InChI is InChI=1S/C19H16Cl3F2N3O2/c1-8-5-9(26-18(29)11-7-19(11,21)22)6-10(14(8)20)17(28)27-13-4-3-12(23)16(25-2)15(13)24/h3-6,11,25H,7H2,1-2H3,(H,26,29)(H,27,28)/t11-/m1/s1. The van der Waals surface area contributed by atoms with E-state index in [1.165, 1.54) is 13.1 Å². The van der Waals surface area contributed by atoms with Gasteiger partial charge in [-0.15, -0.1) is 23.2 Å². The predicted octanol–water partition coefficient (Wildman–Crippen LogP) is 5.35. The molecule has 0 saturated heterocycles. The van der Waals surface area contributed by atoms with Gasteiger partial charge < -0.3 is 16.0 Å². The molecule has 1 atom stereocenters. The van der Waals surface area contributed by atoms with Gasteiger partial charge in [0.05, 0.1) is 22.2 Å². The molecule has 5 nitrogen and oxygen atoms in total. The van der Waals surface area contributed by atoms with Crippen LogP contribution in [-0.2, 0) is 4.79 Å². The molecule has 0 aromatic heterocycles. The molecule has 10 heteroatoms. The molecule has 1 aliphatic rings. The van der Waals surface area contributed by atoms with Crippen molar-refractivity contribution < 1.29 is 18.4 Å². The lowest BCUT2D eigenvalue weighted by atomic mass is 10.1. The number of carbonyl (C=O) groups excluding carboxylic acids is 2. The van der Waals surface area contributed by atoms with Gasteiger partial charge in [0.25, 0.3) is 5.91 Å². The first kappa shape index (κ1) is 21.6. The number of nitrogens with one attached hydrogen (secondary N) is 3. The largest absolute Gasteiger partial charge is 0.383 e. The maximum absolute atomic E-state index is 14.4. The monoisotopic (exact) mass is 461 g/mol. The smallest absolute Gasteiger partial charge is 0.257 e. The number of halogens is 5. The molecule has 2 aromatic carbocycles. The molecule has 0 heterocycles. The van der Waals surface area contributed by atoms with Crippen LogP contribution in [0.25, 0.3) is 0 Å². The van der Waals surface area contributed by atoms with Crippen molar-refractivity contribution in [2.45, 2.75) is 17.7 Å². The summed E-state index contributed by atoms with van der Waals surface area (Å²) in [7, 11) is 1.36. The van der Waals surface area contributed by atoms with Gasteiger partial charge in [-0.25, -0.2) is 8.78 Å². The molecular weight excluding hydrogens is 447 g/mol. The normalized spacial score (nSPS) is 16.9. The fourth-order valence-electron chi connectivity index (χ4n) is 2.80. The maximum Gasteiger partial charge on any atom is 0.257 e. The van der Waals surface area contributed by atoms with Crippen molar-refractivity contribution in [3.63, 3.8) is 0 Å². The van der Waals surface area contributed by atoms with Gasteiger partial charge in [-0.3, -0.25) is 9.59 Å². The molecule has 0 bridgehead atoms. The predicted molar refractivity (Wildman–Crippen MR) is 111 cm³/mol. The lowest BCUT2D eigenvalue weighted by Gasteiger charge is -2.14. The molecule has 0 aliphatic heterocycles. The van der Waals surface area contributed by atoms with E-state index in [1.54, 1.807) is 13.0 Å². The fraction of sp³-hybridized carbons (Fsp3) is 0.263. The van der Waals surface area contributed by atoms with E-state index in [0.29, 0.717) is 17.7 Å². The van der Waals surface area contributed by atoms with Crippen molar-refractivity contribution in [3.05, 3.63) is 52.0 Å². The molecule has 0 unspecified atom stereocenters. The summed E-state index contributed by atoms with van der Waals surface area (Å²) < 4.78 is 26.9. The number of hydrogen-bond donors (Lipinski definition) is 3. The minimum atomic E-state index is -1.09. The molecule has 0 radical (unpaired) electrons. The average Bonchev–Trinajstić information content (AvgIpc) is 3.29. The first-order valence-corrected chi connectivity index (χ1v) is 9.64. The SMILES string of the molecule is CNc1c(F)ccc(NC(=O)c2cc(NC(=O)[C@H]3CC3(Cl)Cl)cc(C)c2Cl)c1F. The molecule has 1 saturated carbocycles. The summed E-state index contributed by atoms with van der Waals surface area (Å²) in [4.78, 5) is 24.9. The Hall–Kier alpha value is -2.09. The lowest BCUT2D eigenvalue weighted by Crippen LogP contribution is -2.19. The quantitative estimate of drug-likeness (QED) is 0.524. The first-order chi connectivity index (χ1) is 13.5. The van der Waals surface area contributed by atoms with E-state index in [-0.39, 0.29) is 27.9 Å². The zero-order chi connectivity index (χ0) is 21.5. The molecule has 1 aliphatic carbocycles. The molecule has 3 rings (SSSR count). The van der Waals surface area contributed by atoms with Crippen molar-refractivity contribution in [1.82, 2.24) is 0 Å². The van der Waals surface area contributed by atoms with E-state index in [9.17, 15) is 18.4 Å². The molecule has 2 amide bonds. The third kappa shape index (κ3) is 4.42. The van der Waals surface area contributed by atoms with Gasteiger partial charge in [-0.05, 0) is 43.2 Å². The maximum atomic E-state index is 14.4. The number of amides is 2. The van der Waals surface area contributed by atoms with Crippen molar-refractivity contribution in [2.75, 3.05) is 23.0 Å². The number of hydrogen-bond acceptors (Lipinski definition) is 3. The zero-order valence-corrected chi connectivity index (χ0v) is 17.6. The third-order valence-electron chi connectivity index (χ3n) is 4.50.